The van der Waals surface area contributed by atoms with Crippen LogP contribution in [0.15, 0.2) is 4.99 Å². The number of thioether (sulfide) groups is 1. The fourth-order valence-corrected chi connectivity index (χ4v) is 3.92. The molecule has 0 amide bonds. The van der Waals surface area contributed by atoms with Gasteiger partial charge in [0.15, 0.2) is 5.17 Å². The summed E-state index contributed by atoms with van der Waals surface area (Å²) < 4.78 is 0. The zero-order valence-corrected chi connectivity index (χ0v) is 18.9. The Hall–Kier alpha value is 0.110. The molecule has 0 saturated heterocycles. The Balaban J connectivity index is 0. The Labute approximate surface area is 169 Å². The fraction of sp³-hybridized carbons (Fsp3) is 0.952. The van der Waals surface area contributed by atoms with Crippen LogP contribution in [-0.4, -0.2) is 24.0 Å². The molecule has 0 aromatic carbocycles. The van der Waals surface area contributed by atoms with Gasteiger partial charge in [-0.1, -0.05) is 102 Å². The van der Waals surface area contributed by atoms with E-state index in [4.69, 9.17) is 0 Å². The Kier molecular flexibility index (Phi) is 26.4. The molecule has 0 bridgehead atoms. The van der Waals surface area contributed by atoms with Crippen LogP contribution in [0.4, 0.5) is 0 Å². The number of amidine groups is 1. The van der Waals surface area contributed by atoms with Crippen molar-refractivity contribution in [3.8, 4) is 0 Å². The molecule has 0 aromatic heterocycles. The van der Waals surface area contributed by atoms with Crippen LogP contribution >= 0.6 is 24.2 Å². The van der Waals surface area contributed by atoms with Crippen molar-refractivity contribution in [1.82, 2.24) is 5.32 Å². The van der Waals surface area contributed by atoms with Gasteiger partial charge in [0.2, 0.25) is 0 Å². The van der Waals surface area contributed by atoms with Crippen molar-refractivity contribution >= 4 is 29.3 Å². The molecule has 0 unspecified atom stereocenters. The minimum atomic E-state index is 0. The summed E-state index contributed by atoms with van der Waals surface area (Å²) in [7, 11) is 0. The predicted molar refractivity (Wildman–Crippen MR) is 122 cm³/mol. The van der Waals surface area contributed by atoms with Gasteiger partial charge in [-0.25, -0.2) is 0 Å². The first-order valence-electron chi connectivity index (χ1n) is 10.8. The number of nitrogens with zero attached hydrogens (tertiary/aromatic N) is 1. The van der Waals surface area contributed by atoms with Gasteiger partial charge in [-0.3, -0.25) is 4.99 Å². The van der Waals surface area contributed by atoms with E-state index in [0.717, 1.165) is 18.3 Å². The maximum absolute atomic E-state index is 4.49. The SMILES string of the molecule is CCCCCCCCCCCCCCCCSC(=NCC)NCC.Cl. The third kappa shape index (κ3) is 22.1. The number of hydrogen-bond donors (Lipinski definition) is 1. The largest absolute Gasteiger partial charge is 0.365 e. The van der Waals surface area contributed by atoms with Gasteiger partial charge in [0.1, 0.15) is 0 Å². The van der Waals surface area contributed by atoms with Gasteiger partial charge in [0, 0.05) is 18.8 Å². The first-order chi connectivity index (χ1) is 11.8. The van der Waals surface area contributed by atoms with E-state index in [2.05, 4.69) is 31.1 Å². The van der Waals surface area contributed by atoms with Crippen molar-refractivity contribution in [2.75, 3.05) is 18.8 Å². The summed E-state index contributed by atoms with van der Waals surface area (Å²) in [5.41, 5.74) is 0. The van der Waals surface area contributed by atoms with Crippen LogP contribution < -0.4 is 5.32 Å². The minimum Gasteiger partial charge on any atom is -0.365 e. The van der Waals surface area contributed by atoms with Crippen LogP contribution in [0.5, 0.6) is 0 Å². The van der Waals surface area contributed by atoms with E-state index in [9.17, 15) is 0 Å². The van der Waals surface area contributed by atoms with Crippen LogP contribution in [0.3, 0.4) is 0 Å². The van der Waals surface area contributed by atoms with E-state index >= 15 is 0 Å². The molecule has 25 heavy (non-hydrogen) atoms. The fourth-order valence-electron chi connectivity index (χ4n) is 2.91. The Morgan fingerprint density at radius 3 is 1.52 bits per heavy atom. The van der Waals surface area contributed by atoms with Crippen LogP contribution in [0.25, 0.3) is 0 Å². The molecular formula is C21H45ClN2S. The average Bonchev–Trinajstić information content (AvgIpc) is 2.58. The third-order valence-corrected chi connectivity index (χ3v) is 5.41. The van der Waals surface area contributed by atoms with Crippen molar-refractivity contribution in [3.05, 3.63) is 0 Å². The van der Waals surface area contributed by atoms with Crippen molar-refractivity contribution < 1.29 is 0 Å². The number of unbranched alkanes of at least 4 members (excludes halogenated alkanes) is 13. The smallest absolute Gasteiger partial charge is 0.156 e. The summed E-state index contributed by atoms with van der Waals surface area (Å²) in [6.45, 7) is 8.39. The topological polar surface area (TPSA) is 24.4 Å². The molecule has 0 aromatic rings. The Bertz CT molecular complexity index is 273. The molecule has 0 saturated carbocycles. The highest BCUT2D eigenvalue weighted by atomic mass is 35.5. The second kappa shape index (κ2) is 24.1. The van der Waals surface area contributed by atoms with E-state index in [-0.39, 0.29) is 12.4 Å². The molecule has 1 N–H and O–H groups in total. The minimum absolute atomic E-state index is 0. The van der Waals surface area contributed by atoms with Gasteiger partial charge in [-0.15, -0.1) is 12.4 Å². The monoisotopic (exact) mass is 392 g/mol. The number of nitrogens with one attached hydrogen (secondary N) is 1. The predicted octanol–water partition coefficient (Wildman–Crippen LogP) is 7.61. The van der Waals surface area contributed by atoms with E-state index in [1.54, 1.807) is 0 Å². The lowest BCUT2D eigenvalue weighted by atomic mass is 10.0. The maximum Gasteiger partial charge on any atom is 0.156 e. The molecule has 0 aliphatic heterocycles. The highest BCUT2D eigenvalue weighted by Crippen LogP contribution is 2.14. The van der Waals surface area contributed by atoms with Crippen LogP contribution in [0, 0.1) is 0 Å². The van der Waals surface area contributed by atoms with E-state index in [0.29, 0.717) is 0 Å². The molecule has 0 spiro atoms. The first-order valence-corrected chi connectivity index (χ1v) is 11.7. The summed E-state index contributed by atoms with van der Waals surface area (Å²) in [5, 5.41) is 4.48. The lowest BCUT2D eigenvalue weighted by Crippen LogP contribution is -2.20. The molecule has 0 heterocycles. The standard InChI is InChI=1S/C21H44N2S.ClH/c1-4-7-8-9-10-11-12-13-14-15-16-17-18-19-20-24-21(22-5-2)23-6-3;/h4-20H2,1-3H3,(H,22,23);1H. The zero-order chi connectivity index (χ0) is 17.7. The molecule has 0 aliphatic carbocycles. The second-order valence-electron chi connectivity index (χ2n) is 6.75. The third-order valence-electron chi connectivity index (χ3n) is 4.37. The van der Waals surface area contributed by atoms with Gasteiger partial charge in [0.25, 0.3) is 0 Å². The van der Waals surface area contributed by atoms with Crippen LogP contribution in [0.1, 0.15) is 111 Å². The number of hydrogen-bond acceptors (Lipinski definition) is 2. The molecular weight excluding hydrogens is 348 g/mol. The number of halogens is 1. The molecule has 0 radical (unpaired) electrons. The van der Waals surface area contributed by atoms with Gasteiger partial charge in [0.05, 0.1) is 0 Å². The van der Waals surface area contributed by atoms with E-state index in [1.807, 2.05) is 11.8 Å². The quantitative estimate of drug-likeness (QED) is 0.156. The van der Waals surface area contributed by atoms with E-state index in [1.165, 1.54) is 95.6 Å². The molecule has 0 atom stereocenters. The summed E-state index contributed by atoms with van der Waals surface area (Å²) in [5.74, 6) is 1.21. The van der Waals surface area contributed by atoms with Crippen molar-refractivity contribution in [1.29, 1.82) is 0 Å². The molecule has 0 aliphatic rings. The Morgan fingerprint density at radius 1 is 0.680 bits per heavy atom. The summed E-state index contributed by atoms with van der Waals surface area (Å²) in [6.07, 6.45) is 20.0. The molecule has 2 nitrogen and oxygen atoms in total. The molecule has 0 fully saturated rings. The summed E-state index contributed by atoms with van der Waals surface area (Å²) in [4.78, 5) is 4.49. The van der Waals surface area contributed by atoms with Crippen molar-refractivity contribution in [2.45, 2.75) is 111 Å². The zero-order valence-electron chi connectivity index (χ0n) is 17.3. The maximum atomic E-state index is 4.49. The van der Waals surface area contributed by atoms with Crippen LogP contribution in [0.2, 0.25) is 0 Å². The Morgan fingerprint density at radius 2 is 1.12 bits per heavy atom. The molecule has 4 heteroatoms. The number of rotatable bonds is 17. The molecule has 0 rings (SSSR count). The lowest BCUT2D eigenvalue weighted by molar-refractivity contribution is 0.538. The van der Waals surface area contributed by atoms with Gasteiger partial charge < -0.3 is 5.32 Å². The van der Waals surface area contributed by atoms with Crippen molar-refractivity contribution in [2.24, 2.45) is 4.99 Å². The highest BCUT2D eigenvalue weighted by Gasteiger charge is 1.98. The van der Waals surface area contributed by atoms with Crippen molar-refractivity contribution in [3.63, 3.8) is 0 Å². The molecule has 152 valence electrons. The lowest BCUT2D eigenvalue weighted by Gasteiger charge is -2.07. The van der Waals surface area contributed by atoms with E-state index < -0.39 is 0 Å². The highest BCUT2D eigenvalue weighted by molar-refractivity contribution is 8.13. The van der Waals surface area contributed by atoms with Gasteiger partial charge in [-0.2, -0.15) is 0 Å². The summed E-state index contributed by atoms with van der Waals surface area (Å²) >= 11 is 1.89. The average molecular weight is 393 g/mol. The van der Waals surface area contributed by atoms with Gasteiger partial charge in [-0.05, 0) is 20.3 Å². The first kappa shape index (κ1) is 27.3. The number of aliphatic imine (C=N–C) groups is 1. The second-order valence-corrected chi connectivity index (χ2v) is 7.84. The van der Waals surface area contributed by atoms with Gasteiger partial charge >= 0.3 is 0 Å². The normalized spacial score (nSPS) is 11.4. The summed E-state index contributed by atoms with van der Waals surface area (Å²) in [6, 6.07) is 0. The van der Waals surface area contributed by atoms with Crippen LogP contribution in [-0.2, 0) is 0 Å².